The van der Waals surface area contributed by atoms with E-state index in [9.17, 15) is 19.2 Å². The Morgan fingerprint density at radius 1 is 0.587 bits per heavy atom. The standard InChI is InChI=1S/C37H70N4O5/c1-5-7-9-11-13-15-17-19-21-23-27-38-34(42)26-25-33(31-41-37(45)40-29-30-46-36(44)32(3)4)35(43)39-28-24-22-20-18-16-14-12-10-8-6-2/h33H,3,5-31H2,1-2,4H3,(H,38,42)(H,39,43)(H2,40,41,45). The average molecular weight is 651 g/mol. The number of carbonyl (C=O) groups excluding carboxylic acids is 4. The molecule has 4 N–H and O–H groups in total. The number of carbonyl (C=O) groups is 4. The van der Waals surface area contributed by atoms with Crippen LogP contribution < -0.4 is 21.3 Å². The molecule has 268 valence electrons. The quantitative estimate of drug-likeness (QED) is 0.0335. The zero-order chi connectivity index (χ0) is 34.1. The third kappa shape index (κ3) is 28.9. The average Bonchev–Trinajstić information content (AvgIpc) is 3.04. The Bertz CT molecular complexity index is 805. The number of amides is 4. The minimum Gasteiger partial charge on any atom is -0.460 e. The maximum Gasteiger partial charge on any atom is 0.333 e. The van der Waals surface area contributed by atoms with Gasteiger partial charge in [-0.05, 0) is 26.2 Å². The predicted octanol–water partition coefficient (Wildman–Crippen LogP) is 7.88. The minimum absolute atomic E-state index is 0.0289. The third-order valence-electron chi connectivity index (χ3n) is 8.25. The Hall–Kier alpha value is -2.58. The number of urea groups is 1. The van der Waals surface area contributed by atoms with Gasteiger partial charge in [0.2, 0.25) is 11.8 Å². The van der Waals surface area contributed by atoms with Crippen LogP contribution in [-0.2, 0) is 19.1 Å². The van der Waals surface area contributed by atoms with Gasteiger partial charge >= 0.3 is 12.0 Å². The summed E-state index contributed by atoms with van der Waals surface area (Å²) < 4.78 is 4.98. The van der Waals surface area contributed by atoms with Crippen LogP contribution in [0.5, 0.6) is 0 Å². The predicted molar refractivity (Wildman–Crippen MR) is 190 cm³/mol. The molecule has 1 atom stereocenters. The molecule has 0 aliphatic heterocycles. The van der Waals surface area contributed by atoms with E-state index in [1.807, 2.05) is 0 Å². The van der Waals surface area contributed by atoms with Crippen molar-refractivity contribution >= 4 is 23.8 Å². The van der Waals surface area contributed by atoms with Crippen LogP contribution in [0.25, 0.3) is 0 Å². The van der Waals surface area contributed by atoms with Crippen molar-refractivity contribution in [3.8, 4) is 0 Å². The highest BCUT2D eigenvalue weighted by Crippen LogP contribution is 2.12. The molecular formula is C37H70N4O5. The van der Waals surface area contributed by atoms with E-state index in [-0.39, 0.29) is 37.9 Å². The Labute approximate surface area is 281 Å². The van der Waals surface area contributed by atoms with Crippen LogP contribution in [0.15, 0.2) is 12.2 Å². The first-order chi connectivity index (χ1) is 22.3. The molecule has 0 spiro atoms. The SMILES string of the molecule is C=C(C)C(=O)OCCNC(=O)NCC(CCC(=O)NCCCCCCCCCCCC)C(=O)NCCCCCCCCCCCC. The summed E-state index contributed by atoms with van der Waals surface area (Å²) in [5, 5.41) is 11.4. The summed E-state index contributed by atoms with van der Waals surface area (Å²) in [6, 6.07) is -0.454. The van der Waals surface area contributed by atoms with Crippen molar-refractivity contribution in [1.82, 2.24) is 21.3 Å². The summed E-state index contributed by atoms with van der Waals surface area (Å²) in [5.41, 5.74) is 0.295. The third-order valence-corrected chi connectivity index (χ3v) is 8.25. The summed E-state index contributed by atoms with van der Waals surface area (Å²) in [6.45, 7) is 11.1. The zero-order valence-corrected chi connectivity index (χ0v) is 29.9. The molecule has 0 aliphatic carbocycles. The Kier molecular flexibility index (Phi) is 30.5. The van der Waals surface area contributed by atoms with Crippen LogP contribution >= 0.6 is 0 Å². The van der Waals surface area contributed by atoms with Crippen molar-refractivity contribution in [2.24, 2.45) is 5.92 Å². The number of hydrogen-bond acceptors (Lipinski definition) is 5. The second-order valence-electron chi connectivity index (χ2n) is 12.8. The van der Waals surface area contributed by atoms with Crippen LogP contribution in [0, 0.1) is 5.92 Å². The normalized spacial score (nSPS) is 11.5. The molecule has 0 aliphatic rings. The Morgan fingerprint density at radius 2 is 1.04 bits per heavy atom. The van der Waals surface area contributed by atoms with Gasteiger partial charge in [0.05, 0.1) is 12.5 Å². The molecule has 0 aromatic carbocycles. The van der Waals surface area contributed by atoms with E-state index in [1.54, 1.807) is 6.92 Å². The first-order valence-corrected chi connectivity index (χ1v) is 18.7. The molecule has 46 heavy (non-hydrogen) atoms. The molecule has 0 aromatic rings. The second kappa shape index (κ2) is 32.4. The molecular weight excluding hydrogens is 580 g/mol. The van der Waals surface area contributed by atoms with Crippen molar-refractivity contribution in [2.75, 3.05) is 32.8 Å². The van der Waals surface area contributed by atoms with Gasteiger partial charge in [0.25, 0.3) is 0 Å². The first-order valence-electron chi connectivity index (χ1n) is 18.7. The maximum atomic E-state index is 13.0. The van der Waals surface area contributed by atoms with E-state index in [2.05, 4.69) is 41.7 Å². The fourth-order valence-corrected chi connectivity index (χ4v) is 5.24. The number of nitrogens with one attached hydrogen (secondary N) is 4. The van der Waals surface area contributed by atoms with Gasteiger partial charge in [-0.15, -0.1) is 0 Å². The monoisotopic (exact) mass is 651 g/mol. The highest BCUT2D eigenvalue weighted by atomic mass is 16.5. The van der Waals surface area contributed by atoms with Gasteiger partial charge in [-0.2, -0.15) is 0 Å². The van der Waals surface area contributed by atoms with E-state index >= 15 is 0 Å². The van der Waals surface area contributed by atoms with E-state index in [4.69, 9.17) is 4.74 Å². The smallest absolute Gasteiger partial charge is 0.333 e. The number of unbranched alkanes of at least 4 members (excludes halogenated alkanes) is 18. The summed E-state index contributed by atoms with van der Waals surface area (Å²) in [7, 11) is 0. The highest BCUT2D eigenvalue weighted by Gasteiger charge is 2.20. The number of ether oxygens (including phenoxy) is 1. The van der Waals surface area contributed by atoms with Gasteiger partial charge in [-0.1, -0.05) is 136 Å². The molecule has 0 bridgehead atoms. The fourth-order valence-electron chi connectivity index (χ4n) is 5.24. The molecule has 0 rings (SSSR count). The van der Waals surface area contributed by atoms with Gasteiger partial charge in [-0.3, -0.25) is 9.59 Å². The lowest BCUT2D eigenvalue weighted by Gasteiger charge is -2.18. The van der Waals surface area contributed by atoms with Crippen molar-refractivity contribution < 1.29 is 23.9 Å². The summed E-state index contributed by atoms with van der Waals surface area (Å²) >= 11 is 0. The lowest BCUT2D eigenvalue weighted by Crippen LogP contribution is -2.44. The lowest BCUT2D eigenvalue weighted by molar-refractivity contribution is -0.138. The van der Waals surface area contributed by atoms with Crippen molar-refractivity contribution in [3.63, 3.8) is 0 Å². The Morgan fingerprint density at radius 3 is 1.52 bits per heavy atom. The van der Waals surface area contributed by atoms with Crippen LogP contribution in [0.4, 0.5) is 4.79 Å². The number of rotatable bonds is 32. The van der Waals surface area contributed by atoms with Gasteiger partial charge in [0, 0.05) is 31.6 Å². The molecule has 9 heteroatoms. The number of esters is 1. The van der Waals surface area contributed by atoms with Crippen LogP contribution in [0.2, 0.25) is 0 Å². The first kappa shape index (κ1) is 43.4. The van der Waals surface area contributed by atoms with E-state index in [1.165, 1.54) is 103 Å². The second-order valence-corrected chi connectivity index (χ2v) is 12.8. The van der Waals surface area contributed by atoms with Gasteiger partial charge in [-0.25, -0.2) is 9.59 Å². The van der Waals surface area contributed by atoms with Gasteiger partial charge in [0.1, 0.15) is 6.61 Å². The topological polar surface area (TPSA) is 126 Å². The molecule has 9 nitrogen and oxygen atoms in total. The van der Waals surface area contributed by atoms with E-state index in [0.717, 1.165) is 25.7 Å². The maximum absolute atomic E-state index is 13.0. The molecule has 0 aromatic heterocycles. The molecule has 0 saturated carbocycles. The van der Waals surface area contributed by atoms with Gasteiger partial charge < -0.3 is 26.0 Å². The van der Waals surface area contributed by atoms with Crippen LogP contribution in [0.3, 0.4) is 0 Å². The van der Waals surface area contributed by atoms with E-state index in [0.29, 0.717) is 25.1 Å². The summed E-state index contributed by atoms with van der Waals surface area (Å²) in [6.07, 6.45) is 25.4. The van der Waals surface area contributed by atoms with Gasteiger partial charge in [0.15, 0.2) is 0 Å². The lowest BCUT2D eigenvalue weighted by atomic mass is 10.0. The zero-order valence-electron chi connectivity index (χ0n) is 29.9. The van der Waals surface area contributed by atoms with Crippen molar-refractivity contribution in [3.05, 3.63) is 12.2 Å². The van der Waals surface area contributed by atoms with Crippen molar-refractivity contribution in [1.29, 1.82) is 0 Å². The minimum atomic E-state index is -0.516. The highest BCUT2D eigenvalue weighted by molar-refractivity contribution is 5.87. The molecule has 0 saturated heterocycles. The summed E-state index contributed by atoms with van der Waals surface area (Å²) in [4.78, 5) is 49.3. The van der Waals surface area contributed by atoms with Crippen LogP contribution in [-0.4, -0.2) is 56.6 Å². The molecule has 0 radical (unpaired) electrons. The number of hydrogen-bond donors (Lipinski definition) is 4. The van der Waals surface area contributed by atoms with E-state index < -0.39 is 17.9 Å². The largest absolute Gasteiger partial charge is 0.460 e. The molecule has 1 unspecified atom stereocenters. The molecule has 0 heterocycles. The van der Waals surface area contributed by atoms with Crippen LogP contribution in [0.1, 0.15) is 162 Å². The molecule has 0 fully saturated rings. The summed E-state index contributed by atoms with van der Waals surface area (Å²) in [5.74, 6) is -1.23. The fraction of sp³-hybridized carbons (Fsp3) is 0.838. The Balaban J connectivity index is 4.39. The molecule has 4 amide bonds. The van der Waals surface area contributed by atoms with Crippen molar-refractivity contribution in [2.45, 2.75) is 162 Å².